The number of hydrogen-bond donors (Lipinski definition) is 1. The second-order valence-electron chi connectivity index (χ2n) is 4.10. The van der Waals surface area contributed by atoms with Crippen molar-refractivity contribution in [2.24, 2.45) is 0 Å². The first-order valence-corrected chi connectivity index (χ1v) is 7.87. The number of benzene rings is 1. The number of nitrogens with zero attached hydrogens (tertiary/aromatic N) is 1. The van der Waals surface area contributed by atoms with Gasteiger partial charge in [-0.3, -0.25) is 0 Å². The molecule has 0 spiro atoms. The molecule has 7 heteroatoms. The predicted molar refractivity (Wildman–Crippen MR) is 70.3 cm³/mol. The van der Waals surface area contributed by atoms with Gasteiger partial charge in [0, 0.05) is 25.7 Å². The number of hydrogen-bond acceptors (Lipinski definition) is 3. The largest absolute Gasteiger partial charge is 0.313 e. The van der Waals surface area contributed by atoms with Crippen LogP contribution in [0, 0.1) is 5.82 Å². The van der Waals surface area contributed by atoms with Gasteiger partial charge in [-0.25, -0.2) is 12.8 Å². The Kier molecular flexibility index (Phi) is 4.05. The molecular weight excluding hydrogens is 323 g/mol. The highest BCUT2D eigenvalue weighted by molar-refractivity contribution is 9.10. The van der Waals surface area contributed by atoms with Crippen LogP contribution in [0.2, 0.25) is 0 Å². The fourth-order valence-corrected chi connectivity index (χ4v) is 3.77. The normalized spacial score (nSPS) is 16.9. The van der Waals surface area contributed by atoms with E-state index in [1.54, 1.807) is 6.92 Å². The number of rotatable bonds is 4. The quantitative estimate of drug-likeness (QED) is 0.907. The second kappa shape index (κ2) is 5.24. The van der Waals surface area contributed by atoms with Crippen LogP contribution >= 0.6 is 15.9 Å². The molecule has 1 saturated heterocycles. The van der Waals surface area contributed by atoms with Gasteiger partial charge in [-0.2, -0.15) is 4.31 Å². The van der Waals surface area contributed by atoms with Crippen LogP contribution in [0.5, 0.6) is 0 Å². The Hall–Kier alpha value is -0.500. The lowest BCUT2D eigenvalue weighted by Gasteiger charge is -2.36. The number of nitrogens with one attached hydrogen (secondary N) is 1. The summed E-state index contributed by atoms with van der Waals surface area (Å²) in [5, 5.41) is 3.03. The summed E-state index contributed by atoms with van der Waals surface area (Å²) in [4.78, 5) is -0.00282. The Morgan fingerprint density at radius 1 is 1.50 bits per heavy atom. The molecule has 100 valence electrons. The van der Waals surface area contributed by atoms with Crippen molar-refractivity contribution in [3.63, 3.8) is 0 Å². The Morgan fingerprint density at radius 3 is 2.61 bits per heavy atom. The van der Waals surface area contributed by atoms with Gasteiger partial charge in [-0.15, -0.1) is 0 Å². The minimum Gasteiger partial charge on any atom is -0.313 e. The zero-order chi connectivity index (χ0) is 13.3. The number of likely N-dealkylation sites (N-methyl/N-ethyl adjacent to an activating group) is 1. The molecule has 1 aromatic rings. The average molecular weight is 337 g/mol. The van der Waals surface area contributed by atoms with Crippen molar-refractivity contribution in [1.82, 2.24) is 9.62 Å². The van der Waals surface area contributed by atoms with Crippen LogP contribution in [-0.2, 0) is 10.0 Å². The Labute approximate surface area is 114 Å². The minimum atomic E-state index is -3.62. The highest BCUT2D eigenvalue weighted by Crippen LogP contribution is 2.24. The summed E-state index contributed by atoms with van der Waals surface area (Å²) in [6, 6.07) is 3.84. The lowest BCUT2D eigenvalue weighted by atomic mass is 10.2. The molecule has 0 aliphatic carbocycles. The van der Waals surface area contributed by atoms with E-state index in [0.717, 1.165) is 6.07 Å². The van der Waals surface area contributed by atoms with Crippen molar-refractivity contribution < 1.29 is 12.8 Å². The van der Waals surface area contributed by atoms with E-state index in [2.05, 4.69) is 21.2 Å². The van der Waals surface area contributed by atoms with Crippen LogP contribution in [0.25, 0.3) is 0 Å². The van der Waals surface area contributed by atoms with E-state index in [1.807, 2.05) is 0 Å². The maximum Gasteiger partial charge on any atom is 0.243 e. The molecule has 0 atom stereocenters. The molecule has 1 N–H and O–H groups in total. The zero-order valence-corrected chi connectivity index (χ0v) is 12.3. The molecule has 4 nitrogen and oxygen atoms in total. The molecule has 1 aromatic carbocycles. The molecule has 0 amide bonds. The van der Waals surface area contributed by atoms with Gasteiger partial charge < -0.3 is 5.32 Å². The third kappa shape index (κ3) is 2.45. The molecule has 0 aromatic heterocycles. The smallest absolute Gasteiger partial charge is 0.243 e. The minimum absolute atomic E-state index is 0.00282. The summed E-state index contributed by atoms with van der Waals surface area (Å²) in [6.07, 6.45) is 0. The first-order valence-electron chi connectivity index (χ1n) is 5.64. The molecular formula is C11H14BrFN2O2S. The number of halogens is 2. The molecule has 0 unspecified atom stereocenters. The average Bonchev–Trinajstić information content (AvgIpc) is 2.26. The van der Waals surface area contributed by atoms with E-state index < -0.39 is 15.8 Å². The predicted octanol–water partition coefficient (Wildman–Crippen LogP) is 1.57. The Morgan fingerprint density at radius 2 is 2.17 bits per heavy atom. The van der Waals surface area contributed by atoms with Crippen molar-refractivity contribution in [1.29, 1.82) is 0 Å². The van der Waals surface area contributed by atoms with E-state index in [1.165, 1.54) is 16.4 Å². The maximum atomic E-state index is 13.4. The van der Waals surface area contributed by atoms with Gasteiger partial charge in [0.15, 0.2) is 0 Å². The van der Waals surface area contributed by atoms with Crippen molar-refractivity contribution >= 4 is 26.0 Å². The molecule has 18 heavy (non-hydrogen) atoms. The standard InChI is InChI=1S/C11H14BrFN2O2S/c1-2-15(8-6-14-7-8)18(16,17)9-3-4-10(12)11(13)5-9/h3-5,8,14H,2,6-7H2,1H3. The molecule has 2 rings (SSSR count). The van der Waals surface area contributed by atoms with E-state index >= 15 is 0 Å². The van der Waals surface area contributed by atoms with Gasteiger partial charge in [-0.1, -0.05) is 6.92 Å². The molecule has 0 bridgehead atoms. The van der Waals surface area contributed by atoms with Crippen LogP contribution < -0.4 is 5.32 Å². The van der Waals surface area contributed by atoms with Crippen molar-refractivity contribution in [3.8, 4) is 0 Å². The van der Waals surface area contributed by atoms with Crippen molar-refractivity contribution in [2.75, 3.05) is 19.6 Å². The monoisotopic (exact) mass is 336 g/mol. The van der Waals surface area contributed by atoms with Crippen LogP contribution in [0.1, 0.15) is 6.92 Å². The summed E-state index contributed by atoms with van der Waals surface area (Å²) in [5.41, 5.74) is 0. The Bertz CT molecular complexity index is 546. The van der Waals surface area contributed by atoms with Gasteiger partial charge in [0.05, 0.1) is 9.37 Å². The fraction of sp³-hybridized carbons (Fsp3) is 0.455. The van der Waals surface area contributed by atoms with E-state index in [-0.39, 0.29) is 15.4 Å². The van der Waals surface area contributed by atoms with Crippen molar-refractivity contribution in [2.45, 2.75) is 17.9 Å². The third-order valence-electron chi connectivity index (χ3n) is 2.98. The SMILES string of the molecule is CCN(C1CNC1)S(=O)(=O)c1ccc(Br)c(F)c1. The van der Waals surface area contributed by atoms with Gasteiger partial charge in [0.2, 0.25) is 10.0 Å². The summed E-state index contributed by atoms with van der Waals surface area (Å²) < 4.78 is 39.9. The van der Waals surface area contributed by atoms with Crippen LogP contribution in [0.4, 0.5) is 4.39 Å². The maximum absolute atomic E-state index is 13.4. The first kappa shape index (κ1) is 13.9. The van der Waals surface area contributed by atoms with Crippen molar-refractivity contribution in [3.05, 3.63) is 28.5 Å². The fourth-order valence-electron chi connectivity index (χ4n) is 1.87. The Balaban J connectivity index is 2.36. The van der Waals surface area contributed by atoms with Crippen LogP contribution in [-0.4, -0.2) is 38.4 Å². The van der Waals surface area contributed by atoms with Gasteiger partial charge in [0.1, 0.15) is 5.82 Å². The molecule has 0 saturated carbocycles. The molecule has 1 aliphatic rings. The lowest BCUT2D eigenvalue weighted by molar-refractivity contribution is 0.249. The molecule has 1 heterocycles. The zero-order valence-electron chi connectivity index (χ0n) is 9.86. The summed E-state index contributed by atoms with van der Waals surface area (Å²) >= 11 is 3.01. The summed E-state index contributed by atoms with van der Waals surface area (Å²) in [7, 11) is -3.62. The summed E-state index contributed by atoms with van der Waals surface area (Å²) in [5.74, 6) is -0.570. The van der Waals surface area contributed by atoms with E-state index in [0.29, 0.717) is 19.6 Å². The molecule has 1 fully saturated rings. The van der Waals surface area contributed by atoms with Gasteiger partial charge in [0.25, 0.3) is 0 Å². The molecule has 0 radical (unpaired) electrons. The van der Waals surface area contributed by atoms with E-state index in [4.69, 9.17) is 0 Å². The second-order valence-corrected chi connectivity index (χ2v) is 6.84. The highest BCUT2D eigenvalue weighted by Gasteiger charge is 2.33. The first-order chi connectivity index (χ1) is 8.46. The summed E-state index contributed by atoms with van der Waals surface area (Å²) in [6.45, 7) is 3.45. The highest BCUT2D eigenvalue weighted by atomic mass is 79.9. The van der Waals surface area contributed by atoms with Gasteiger partial charge >= 0.3 is 0 Å². The molecule has 1 aliphatic heterocycles. The topological polar surface area (TPSA) is 49.4 Å². The number of sulfonamides is 1. The lowest BCUT2D eigenvalue weighted by Crippen LogP contribution is -2.58. The van der Waals surface area contributed by atoms with Gasteiger partial charge in [-0.05, 0) is 34.1 Å². The van der Waals surface area contributed by atoms with E-state index in [9.17, 15) is 12.8 Å². The van der Waals surface area contributed by atoms with Crippen LogP contribution in [0.3, 0.4) is 0 Å². The third-order valence-corrected chi connectivity index (χ3v) is 5.64. The van der Waals surface area contributed by atoms with Crippen LogP contribution in [0.15, 0.2) is 27.6 Å².